The lowest BCUT2D eigenvalue weighted by Crippen LogP contribution is -2.27. The van der Waals surface area contributed by atoms with E-state index in [9.17, 15) is 0 Å². The predicted molar refractivity (Wildman–Crippen MR) is 246 cm³/mol. The first kappa shape index (κ1) is 36.3. The van der Waals surface area contributed by atoms with Gasteiger partial charge in [-0.3, -0.25) is 9.98 Å². The van der Waals surface area contributed by atoms with Crippen LogP contribution < -0.4 is 9.80 Å². The molecule has 1 fully saturated rings. The molecular formula is C48H40N4S4. The van der Waals surface area contributed by atoms with Crippen molar-refractivity contribution in [2.24, 2.45) is 9.98 Å². The van der Waals surface area contributed by atoms with Gasteiger partial charge in [-0.15, -0.1) is 45.3 Å². The van der Waals surface area contributed by atoms with Crippen LogP contribution in [-0.2, 0) is 0 Å². The summed E-state index contributed by atoms with van der Waals surface area (Å²) in [4.78, 5) is 22.4. The van der Waals surface area contributed by atoms with Gasteiger partial charge in [-0.1, -0.05) is 85.6 Å². The number of hydrogen-bond acceptors (Lipinski definition) is 8. The van der Waals surface area contributed by atoms with E-state index >= 15 is 0 Å². The molecule has 0 unspecified atom stereocenters. The van der Waals surface area contributed by atoms with E-state index in [1.165, 1.54) is 52.1 Å². The maximum Gasteiger partial charge on any atom is 0.101 e. The molecule has 0 saturated heterocycles. The first-order valence-electron chi connectivity index (χ1n) is 19.0. The van der Waals surface area contributed by atoms with Crippen molar-refractivity contribution in [2.75, 3.05) is 9.80 Å². The van der Waals surface area contributed by atoms with Gasteiger partial charge < -0.3 is 9.80 Å². The number of nitrogens with zero attached hydrogens (tertiary/aromatic N) is 4. The second kappa shape index (κ2) is 17.2. The van der Waals surface area contributed by atoms with Gasteiger partial charge in [0.05, 0.1) is 12.1 Å². The lowest BCUT2D eigenvalue weighted by atomic mass is 9.91. The number of aliphatic imine (C=N–C) groups is 2. The summed E-state index contributed by atoms with van der Waals surface area (Å²) in [6.07, 6.45) is 8.74. The summed E-state index contributed by atoms with van der Waals surface area (Å²) < 4.78 is 0. The monoisotopic (exact) mass is 800 g/mol. The Morgan fingerprint density at radius 1 is 0.375 bits per heavy atom. The van der Waals surface area contributed by atoms with Crippen molar-refractivity contribution < 1.29 is 0 Å². The van der Waals surface area contributed by atoms with Gasteiger partial charge in [0.2, 0.25) is 0 Å². The Balaban J connectivity index is 0.875. The first-order chi connectivity index (χ1) is 27.7. The summed E-state index contributed by atoms with van der Waals surface area (Å²) in [7, 11) is 0. The van der Waals surface area contributed by atoms with Crippen molar-refractivity contribution in [1.82, 2.24) is 0 Å². The summed E-state index contributed by atoms with van der Waals surface area (Å²) in [5.41, 5.74) is 4.62. The molecule has 0 N–H and O–H groups in total. The van der Waals surface area contributed by atoms with E-state index < -0.39 is 0 Å². The number of hydrogen-bond donors (Lipinski definition) is 0. The molecule has 276 valence electrons. The Morgan fingerprint density at radius 3 is 1.05 bits per heavy atom. The lowest BCUT2D eigenvalue weighted by Gasteiger charge is -2.25. The van der Waals surface area contributed by atoms with Gasteiger partial charge in [-0.05, 0) is 110 Å². The largest absolute Gasteiger partial charge is 0.302 e. The van der Waals surface area contributed by atoms with Crippen molar-refractivity contribution in [3.8, 4) is 19.5 Å². The third-order valence-corrected chi connectivity index (χ3v) is 14.5. The zero-order valence-electron chi connectivity index (χ0n) is 30.7. The van der Waals surface area contributed by atoms with Gasteiger partial charge in [-0.25, -0.2) is 0 Å². The van der Waals surface area contributed by atoms with Gasteiger partial charge >= 0.3 is 0 Å². The molecule has 1 aliphatic carbocycles. The summed E-state index contributed by atoms with van der Waals surface area (Å²) >= 11 is 7.26. The lowest BCUT2D eigenvalue weighted by molar-refractivity contribution is 0.390. The second-order valence-electron chi connectivity index (χ2n) is 13.7. The van der Waals surface area contributed by atoms with Crippen LogP contribution in [0.25, 0.3) is 19.5 Å². The highest BCUT2D eigenvalue weighted by Gasteiger charge is 2.24. The van der Waals surface area contributed by atoms with E-state index in [2.05, 4.69) is 192 Å². The molecule has 0 radical (unpaired) electrons. The maximum absolute atomic E-state index is 5.16. The number of para-hydroxylation sites is 4. The second-order valence-corrected chi connectivity index (χ2v) is 18.0. The van der Waals surface area contributed by atoms with Gasteiger partial charge in [0.15, 0.2) is 0 Å². The van der Waals surface area contributed by atoms with Crippen molar-refractivity contribution >= 4 is 90.5 Å². The summed E-state index contributed by atoms with van der Waals surface area (Å²) in [5, 5.41) is 2.39. The average molecular weight is 801 g/mol. The number of anilines is 6. The third-order valence-electron chi connectivity index (χ3n) is 9.90. The van der Waals surface area contributed by atoms with E-state index in [1.807, 2.05) is 45.3 Å². The molecule has 0 aliphatic heterocycles. The highest BCUT2D eigenvalue weighted by atomic mass is 32.1. The molecule has 0 amide bonds. The van der Waals surface area contributed by atoms with E-state index in [1.54, 1.807) is 0 Å². The highest BCUT2D eigenvalue weighted by Crippen LogP contribution is 2.44. The highest BCUT2D eigenvalue weighted by molar-refractivity contribution is 7.25. The third kappa shape index (κ3) is 8.25. The first-order valence-corrected chi connectivity index (χ1v) is 22.3. The molecular weight excluding hydrogens is 761 g/mol. The van der Waals surface area contributed by atoms with Crippen LogP contribution in [0.5, 0.6) is 0 Å². The molecule has 1 aliphatic rings. The summed E-state index contributed by atoms with van der Waals surface area (Å²) in [5.74, 6) is 0. The maximum atomic E-state index is 5.16. The Morgan fingerprint density at radius 2 is 0.696 bits per heavy atom. The van der Waals surface area contributed by atoms with Crippen LogP contribution in [0.15, 0.2) is 180 Å². The topological polar surface area (TPSA) is 31.2 Å². The number of thiophene rings is 4. The smallest absolute Gasteiger partial charge is 0.101 e. The molecule has 2 atom stereocenters. The van der Waals surface area contributed by atoms with E-state index in [0.29, 0.717) is 0 Å². The van der Waals surface area contributed by atoms with Crippen LogP contribution in [0.4, 0.5) is 32.8 Å². The number of benzene rings is 4. The Bertz CT molecular complexity index is 2260. The quantitative estimate of drug-likeness (QED) is 0.115. The average Bonchev–Trinajstić information content (AvgIpc) is 4.10. The van der Waals surface area contributed by atoms with E-state index in [-0.39, 0.29) is 12.1 Å². The van der Waals surface area contributed by atoms with Crippen molar-refractivity contribution in [2.45, 2.75) is 37.8 Å². The fourth-order valence-corrected chi connectivity index (χ4v) is 11.2. The molecule has 9 rings (SSSR count). The van der Waals surface area contributed by atoms with Gasteiger partial charge in [0, 0.05) is 64.4 Å². The van der Waals surface area contributed by atoms with Crippen LogP contribution in [0.2, 0.25) is 0 Å². The molecule has 4 nitrogen and oxygen atoms in total. The number of rotatable bonds is 12. The fraction of sp³-hybridized carbons (Fsp3) is 0.125. The standard InChI is InChI=1S/C48H40N4S4/c1-5-15-35(16-6-1)51(36-17-7-2-8-18-36)47-31-29-45(55-47)43-27-25-39(53-43)33-49-41-23-13-14-24-42(41)50-34-40-26-28-44(54-40)46-30-32-48(56-46)52(37-19-9-3-10-20-37)38-21-11-4-12-22-38/h1-12,15-22,25-34,41-42H,13-14,23-24H2/t41-,42-/m1/s1. The molecule has 4 aromatic heterocycles. The molecule has 8 heteroatoms. The van der Waals surface area contributed by atoms with Crippen molar-refractivity contribution in [3.05, 3.63) is 180 Å². The minimum Gasteiger partial charge on any atom is -0.302 e. The Labute approximate surface area is 345 Å². The molecule has 4 aromatic carbocycles. The molecule has 0 bridgehead atoms. The Hall–Kier alpha value is -5.38. The van der Waals surface area contributed by atoms with Crippen LogP contribution in [0.1, 0.15) is 35.4 Å². The summed E-state index contributed by atoms with van der Waals surface area (Å²) in [6.45, 7) is 0. The molecule has 56 heavy (non-hydrogen) atoms. The van der Waals surface area contributed by atoms with Crippen LogP contribution in [0, 0.1) is 0 Å². The van der Waals surface area contributed by atoms with E-state index in [0.717, 1.165) is 35.6 Å². The molecule has 0 spiro atoms. The van der Waals surface area contributed by atoms with Crippen LogP contribution >= 0.6 is 45.3 Å². The zero-order chi connectivity index (χ0) is 37.5. The van der Waals surface area contributed by atoms with Crippen molar-refractivity contribution in [3.63, 3.8) is 0 Å². The van der Waals surface area contributed by atoms with Gasteiger partial charge in [0.25, 0.3) is 0 Å². The van der Waals surface area contributed by atoms with Crippen molar-refractivity contribution in [1.29, 1.82) is 0 Å². The normalized spacial score (nSPS) is 15.8. The minimum atomic E-state index is 0.199. The molecule has 8 aromatic rings. The zero-order valence-corrected chi connectivity index (χ0v) is 34.0. The Kier molecular flexibility index (Phi) is 11.1. The van der Waals surface area contributed by atoms with E-state index in [4.69, 9.17) is 9.98 Å². The molecule has 4 heterocycles. The van der Waals surface area contributed by atoms with Crippen LogP contribution in [0.3, 0.4) is 0 Å². The summed E-state index contributed by atoms with van der Waals surface area (Å²) in [6, 6.07) is 60.6. The van der Waals surface area contributed by atoms with Gasteiger partial charge in [0.1, 0.15) is 10.0 Å². The molecule has 1 saturated carbocycles. The predicted octanol–water partition coefficient (Wildman–Crippen LogP) is 15.1. The fourth-order valence-electron chi connectivity index (χ4n) is 7.16. The SMILES string of the molecule is C(=N[C@@H]1CCCC[C@H]1N=Cc1ccc(-c2ccc(N(c3ccccc3)c3ccccc3)s2)s1)c1ccc(-c2ccc(N(c3ccccc3)c3ccccc3)s2)s1. The minimum absolute atomic E-state index is 0.199. The van der Waals surface area contributed by atoms with Crippen LogP contribution in [-0.4, -0.2) is 24.5 Å². The van der Waals surface area contributed by atoms with Gasteiger partial charge in [-0.2, -0.15) is 0 Å².